The molecule has 1 aliphatic heterocycles. The van der Waals surface area contributed by atoms with Crippen LogP contribution in [0.2, 0.25) is 0 Å². The van der Waals surface area contributed by atoms with Crippen LogP contribution < -0.4 is 5.32 Å². The standard InChI is InChI=1S/C8H11NOS/c1-2-8(11-5-1)7-6-9-3-4-10-7/h1-2,5,7,9H,3-4,6H2. The second-order valence-corrected chi connectivity index (χ2v) is 3.56. The molecule has 0 amide bonds. The summed E-state index contributed by atoms with van der Waals surface area (Å²) in [6.45, 7) is 2.78. The molecule has 1 fully saturated rings. The molecule has 2 rings (SSSR count). The Kier molecular flexibility index (Phi) is 2.21. The van der Waals surface area contributed by atoms with Crippen molar-refractivity contribution < 1.29 is 4.74 Å². The van der Waals surface area contributed by atoms with Gasteiger partial charge in [0.05, 0.1) is 6.61 Å². The third-order valence-corrected chi connectivity index (χ3v) is 2.75. The van der Waals surface area contributed by atoms with Crippen molar-refractivity contribution in [3.8, 4) is 0 Å². The van der Waals surface area contributed by atoms with Gasteiger partial charge in [-0.05, 0) is 11.4 Å². The maximum Gasteiger partial charge on any atom is 0.104 e. The van der Waals surface area contributed by atoms with Crippen molar-refractivity contribution in [2.45, 2.75) is 6.10 Å². The number of rotatable bonds is 1. The van der Waals surface area contributed by atoms with Crippen molar-refractivity contribution in [3.05, 3.63) is 22.4 Å². The third-order valence-electron chi connectivity index (χ3n) is 1.79. The van der Waals surface area contributed by atoms with Crippen LogP contribution >= 0.6 is 11.3 Å². The Hall–Kier alpha value is -0.380. The maximum atomic E-state index is 5.57. The zero-order chi connectivity index (χ0) is 7.52. The van der Waals surface area contributed by atoms with Gasteiger partial charge in [-0.3, -0.25) is 0 Å². The van der Waals surface area contributed by atoms with Crippen LogP contribution in [0, 0.1) is 0 Å². The predicted octanol–water partition coefficient (Wildman–Crippen LogP) is 1.41. The van der Waals surface area contributed by atoms with Gasteiger partial charge in [0.15, 0.2) is 0 Å². The van der Waals surface area contributed by atoms with Crippen molar-refractivity contribution in [2.24, 2.45) is 0 Å². The van der Waals surface area contributed by atoms with Crippen LogP contribution in [0.1, 0.15) is 11.0 Å². The van der Waals surface area contributed by atoms with Gasteiger partial charge in [-0.15, -0.1) is 11.3 Å². The molecule has 1 aliphatic rings. The summed E-state index contributed by atoms with van der Waals surface area (Å²) in [6.07, 6.45) is 0.295. The van der Waals surface area contributed by atoms with E-state index in [4.69, 9.17) is 4.74 Å². The first kappa shape index (κ1) is 7.28. The third kappa shape index (κ3) is 1.61. The van der Waals surface area contributed by atoms with E-state index >= 15 is 0 Å². The van der Waals surface area contributed by atoms with E-state index in [0.717, 1.165) is 19.7 Å². The molecule has 0 bridgehead atoms. The summed E-state index contributed by atoms with van der Waals surface area (Å²) in [6, 6.07) is 4.19. The van der Waals surface area contributed by atoms with E-state index in [1.807, 2.05) is 0 Å². The Morgan fingerprint density at radius 2 is 2.64 bits per heavy atom. The van der Waals surface area contributed by atoms with Crippen molar-refractivity contribution in [3.63, 3.8) is 0 Å². The molecule has 1 saturated heterocycles. The molecule has 1 aromatic heterocycles. The number of thiophene rings is 1. The van der Waals surface area contributed by atoms with Crippen LogP contribution in [-0.2, 0) is 4.74 Å². The molecule has 0 aliphatic carbocycles. The molecule has 3 heteroatoms. The lowest BCUT2D eigenvalue weighted by Crippen LogP contribution is -2.32. The molecule has 60 valence electrons. The molecule has 1 unspecified atom stereocenters. The molecular formula is C8H11NOS. The molecule has 11 heavy (non-hydrogen) atoms. The highest BCUT2D eigenvalue weighted by atomic mass is 32.1. The Bertz CT molecular complexity index is 204. The van der Waals surface area contributed by atoms with Gasteiger partial charge in [0.2, 0.25) is 0 Å². The van der Waals surface area contributed by atoms with E-state index in [2.05, 4.69) is 22.8 Å². The van der Waals surface area contributed by atoms with Gasteiger partial charge >= 0.3 is 0 Å². The lowest BCUT2D eigenvalue weighted by Gasteiger charge is -2.22. The number of ether oxygens (including phenoxy) is 1. The van der Waals surface area contributed by atoms with Crippen LogP contribution in [-0.4, -0.2) is 19.7 Å². The number of hydrogen-bond donors (Lipinski definition) is 1. The smallest absolute Gasteiger partial charge is 0.104 e. The van der Waals surface area contributed by atoms with Crippen LogP contribution in [0.5, 0.6) is 0 Å². The fraction of sp³-hybridized carbons (Fsp3) is 0.500. The average Bonchev–Trinajstić information content (AvgIpc) is 2.58. The van der Waals surface area contributed by atoms with Gasteiger partial charge in [0, 0.05) is 18.0 Å². The van der Waals surface area contributed by atoms with Gasteiger partial charge < -0.3 is 10.1 Å². The molecular weight excluding hydrogens is 158 g/mol. The molecule has 0 radical (unpaired) electrons. The van der Waals surface area contributed by atoms with Crippen LogP contribution in [0.3, 0.4) is 0 Å². The average molecular weight is 169 g/mol. The van der Waals surface area contributed by atoms with Crippen LogP contribution in [0.4, 0.5) is 0 Å². The van der Waals surface area contributed by atoms with Gasteiger partial charge in [-0.2, -0.15) is 0 Å². The summed E-state index contributed by atoms with van der Waals surface area (Å²) >= 11 is 1.76. The van der Waals surface area contributed by atoms with Crippen molar-refractivity contribution in [1.82, 2.24) is 5.32 Å². The minimum Gasteiger partial charge on any atom is -0.370 e. The molecule has 1 aromatic rings. The summed E-state index contributed by atoms with van der Waals surface area (Å²) in [4.78, 5) is 1.33. The van der Waals surface area contributed by atoms with Gasteiger partial charge in [-0.25, -0.2) is 0 Å². The van der Waals surface area contributed by atoms with Crippen molar-refractivity contribution >= 4 is 11.3 Å². The Morgan fingerprint density at radius 3 is 3.27 bits per heavy atom. The summed E-state index contributed by atoms with van der Waals surface area (Å²) in [5, 5.41) is 5.40. The monoisotopic (exact) mass is 169 g/mol. The lowest BCUT2D eigenvalue weighted by atomic mass is 10.2. The Morgan fingerprint density at radius 1 is 1.64 bits per heavy atom. The second kappa shape index (κ2) is 3.34. The first-order valence-electron chi connectivity index (χ1n) is 3.82. The molecule has 2 nitrogen and oxygen atoms in total. The van der Waals surface area contributed by atoms with E-state index in [0.29, 0.717) is 6.10 Å². The fourth-order valence-electron chi connectivity index (χ4n) is 1.22. The zero-order valence-corrected chi connectivity index (χ0v) is 7.06. The van der Waals surface area contributed by atoms with E-state index in [9.17, 15) is 0 Å². The van der Waals surface area contributed by atoms with Gasteiger partial charge in [0.1, 0.15) is 6.10 Å². The summed E-state index contributed by atoms with van der Waals surface area (Å²) < 4.78 is 5.57. The normalized spacial score (nSPS) is 25.3. The number of morpholine rings is 1. The quantitative estimate of drug-likeness (QED) is 0.686. The van der Waals surface area contributed by atoms with E-state index in [1.165, 1.54) is 4.88 Å². The molecule has 1 N–H and O–H groups in total. The predicted molar refractivity (Wildman–Crippen MR) is 45.9 cm³/mol. The zero-order valence-electron chi connectivity index (χ0n) is 6.25. The number of hydrogen-bond acceptors (Lipinski definition) is 3. The molecule has 2 heterocycles. The van der Waals surface area contributed by atoms with Crippen LogP contribution in [0.25, 0.3) is 0 Å². The van der Waals surface area contributed by atoms with E-state index in [-0.39, 0.29) is 0 Å². The first-order chi connectivity index (χ1) is 5.47. The SMILES string of the molecule is c1csc(C2CNCCO2)c1. The Labute approximate surface area is 70.2 Å². The van der Waals surface area contributed by atoms with Crippen molar-refractivity contribution in [2.75, 3.05) is 19.7 Å². The van der Waals surface area contributed by atoms with Crippen LogP contribution in [0.15, 0.2) is 17.5 Å². The highest BCUT2D eigenvalue weighted by Gasteiger charge is 2.15. The lowest BCUT2D eigenvalue weighted by molar-refractivity contribution is 0.0299. The second-order valence-electron chi connectivity index (χ2n) is 2.58. The van der Waals surface area contributed by atoms with Gasteiger partial charge in [0.25, 0.3) is 0 Å². The summed E-state index contributed by atoms with van der Waals surface area (Å²) in [7, 11) is 0. The fourth-order valence-corrected chi connectivity index (χ4v) is 2.00. The highest BCUT2D eigenvalue weighted by Crippen LogP contribution is 2.22. The minimum atomic E-state index is 0.295. The Balaban J connectivity index is 2.04. The summed E-state index contributed by atoms with van der Waals surface area (Å²) in [5.74, 6) is 0. The molecule has 0 aromatic carbocycles. The van der Waals surface area contributed by atoms with Gasteiger partial charge in [-0.1, -0.05) is 6.07 Å². The molecule has 0 saturated carbocycles. The highest BCUT2D eigenvalue weighted by molar-refractivity contribution is 7.10. The van der Waals surface area contributed by atoms with Crippen molar-refractivity contribution in [1.29, 1.82) is 0 Å². The molecule has 1 atom stereocenters. The first-order valence-corrected chi connectivity index (χ1v) is 4.70. The van der Waals surface area contributed by atoms with E-state index < -0.39 is 0 Å². The van der Waals surface area contributed by atoms with E-state index in [1.54, 1.807) is 11.3 Å². The topological polar surface area (TPSA) is 21.3 Å². The minimum absolute atomic E-state index is 0.295. The molecule has 0 spiro atoms. The number of nitrogens with one attached hydrogen (secondary N) is 1. The largest absolute Gasteiger partial charge is 0.370 e. The maximum absolute atomic E-state index is 5.57. The summed E-state index contributed by atoms with van der Waals surface area (Å²) in [5.41, 5.74) is 0.